The maximum absolute atomic E-state index is 5.61. The molecule has 15 heavy (non-hydrogen) atoms. The van der Waals surface area contributed by atoms with E-state index >= 15 is 0 Å². The number of hydrogen-bond acceptors (Lipinski definition) is 2. The van der Waals surface area contributed by atoms with E-state index in [2.05, 4.69) is 25.7 Å². The van der Waals surface area contributed by atoms with Gasteiger partial charge in [0.2, 0.25) is 0 Å². The Bertz CT molecular complexity index is 256. The van der Waals surface area contributed by atoms with Crippen LogP contribution in [0.25, 0.3) is 0 Å². The predicted molar refractivity (Wildman–Crippen MR) is 68.9 cm³/mol. The lowest BCUT2D eigenvalue weighted by atomic mass is 10.1. The fourth-order valence-corrected chi connectivity index (χ4v) is 3.35. The molecule has 0 saturated carbocycles. The Morgan fingerprint density at radius 1 is 1.33 bits per heavy atom. The maximum atomic E-state index is 5.61. The summed E-state index contributed by atoms with van der Waals surface area (Å²) < 4.78 is 0.377. The van der Waals surface area contributed by atoms with Gasteiger partial charge >= 0.3 is 0 Å². The lowest BCUT2D eigenvalue weighted by Crippen LogP contribution is -2.49. The van der Waals surface area contributed by atoms with Crippen molar-refractivity contribution in [2.75, 3.05) is 32.7 Å². The average Bonchev–Trinajstić information content (AvgIpc) is 2.53. The van der Waals surface area contributed by atoms with Gasteiger partial charge in [-0.25, -0.2) is 0 Å². The average molecular weight is 314 g/mol. The van der Waals surface area contributed by atoms with E-state index < -0.39 is 0 Å². The molecule has 2 unspecified atom stereocenters. The van der Waals surface area contributed by atoms with Gasteiger partial charge in [-0.15, -0.1) is 0 Å². The third-order valence-electron chi connectivity index (χ3n) is 3.15. The summed E-state index contributed by atoms with van der Waals surface area (Å²) in [5.41, 5.74) is 0. The first-order valence-corrected chi connectivity index (χ1v) is 6.94. The smallest absolute Gasteiger partial charge is 0.104 e. The zero-order valence-electron chi connectivity index (χ0n) is 8.50. The molecule has 2 heterocycles. The van der Waals surface area contributed by atoms with Crippen LogP contribution < -0.4 is 0 Å². The summed E-state index contributed by atoms with van der Waals surface area (Å²) in [6.07, 6.45) is 3.13. The molecule has 0 amide bonds. The van der Waals surface area contributed by atoms with Gasteiger partial charge in [-0.05, 0) is 12.5 Å². The molecule has 2 saturated heterocycles. The summed E-state index contributed by atoms with van der Waals surface area (Å²) in [6, 6.07) is 0.714. The maximum Gasteiger partial charge on any atom is 0.104 e. The molecule has 2 rings (SSSR count). The Balaban J connectivity index is 1.84. The van der Waals surface area contributed by atoms with Crippen LogP contribution in [0.15, 0.2) is 10.6 Å². The van der Waals surface area contributed by atoms with Crippen LogP contribution in [-0.4, -0.2) is 53.4 Å². The van der Waals surface area contributed by atoms with E-state index in [1.165, 1.54) is 19.5 Å². The van der Waals surface area contributed by atoms with Crippen LogP contribution in [0, 0.1) is 0 Å². The predicted octanol–water partition coefficient (Wildman–Crippen LogP) is 2.46. The van der Waals surface area contributed by atoms with Crippen molar-refractivity contribution in [3.05, 3.63) is 10.6 Å². The Morgan fingerprint density at radius 3 is 2.87 bits per heavy atom. The first-order chi connectivity index (χ1) is 7.15. The van der Waals surface area contributed by atoms with Gasteiger partial charge in [-0.3, -0.25) is 9.80 Å². The van der Waals surface area contributed by atoms with Gasteiger partial charge in [-0.1, -0.05) is 39.1 Å². The highest BCUT2D eigenvalue weighted by Crippen LogP contribution is 2.26. The van der Waals surface area contributed by atoms with Gasteiger partial charge in [0.15, 0.2) is 0 Å². The number of rotatable bonds is 2. The summed E-state index contributed by atoms with van der Waals surface area (Å²) >= 11 is 14.9. The topological polar surface area (TPSA) is 6.48 Å². The van der Waals surface area contributed by atoms with Crippen molar-refractivity contribution in [3.8, 4) is 0 Å². The van der Waals surface area contributed by atoms with E-state index in [9.17, 15) is 0 Å². The van der Waals surface area contributed by atoms with Crippen LogP contribution in [-0.2, 0) is 0 Å². The third kappa shape index (κ3) is 3.34. The lowest BCUT2D eigenvalue weighted by Gasteiger charge is -2.36. The Hall–Kier alpha value is 0.720. The van der Waals surface area contributed by atoms with Gasteiger partial charge in [0.25, 0.3) is 0 Å². The van der Waals surface area contributed by atoms with Crippen LogP contribution in [0.1, 0.15) is 6.42 Å². The highest BCUT2D eigenvalue weighted by Gasteiger charge is 2.34. The summed E-state index contributed by atoms with van der Waals surface area (Å²) in [5, 5.41) is 0. The lowest BCUT2D eigenvalue weighted by molar-refractivity contribution is 0.114. The molecular formula is C10H15BrCl2N2. The minimum atomic E-state index is 0.377. The summed E-state index contributed by atoms with van der Waals surface area (Å²) in [7, 11) is 0. The van der Waals surface area contributed by atoms with E-state index in [0.29, 0.717) is 15.4 Å². The normalized spacial score (nSPS) is 32.7. The van der Waals surface area contributed by atoms with E-state index in [-0.39, 0.29) is 0 Å². The molecule has 0 aliphatic carbocycles. The summed E-state index contributed by atoms with van der Waals surface area (Å²) in [5.74, 6) is 0. The Kier molecular flexibility index (Phi) is 4.36. The van der Waals surface area contributed by atoms with Gasteiger partial charge in [-0.2, -0.15) is 0 Å². The summed E-state index contributed by atoms with van der Waals surface area (Å²) in [4.78, 5) is 5.66. The van der Waals surface area contributed by atoms with E-state index in [4.69, 9.17) is 23.2 Å². The van der Waals surface area contributed by atoms with Crippen molar-refractivity contribution in [1.82, 2.24) is 9.80 Å². The highest BCUT2D eigenvalue weighted by atomic mass is 79.9. The molecule has 2 atom stereocenters. The van der Waals surface area contributed by atoms with Crippen molar-refractivity contribution in [2.45, 2.75) is 17.3 Å². The largest absolute Gasteiger partial charge is 0.297 e. The second kappa shape index (κ2) is 5.37. The second-order valence-corrected chi connectivity index (χ2v) is 6.54. The molecule has 2 aliphatic rings. The van der Waals surface area contributed by atoms with E-state index in [0.717, 1.165) is 19.6 Å². The SMILES string of the molecule is ClC(Cl)=CCN1CCN2CC(Br)CC2C1. The molecule has 0 N–H and O–H groups in total. The van der Waals surface area contributed by atoms with Crippen molar-refractivity contribution in [1.29, 1.82) is 0 Å². The number of hydrogen-bond donors (Lipinski definition) is 0. The minimum absolute atomic E-state index is 0.377. The van der Waals surface area contributed by atoms with Crippen LogP contribution >= 0.6 is 39.1 Å². The zero-order chi connectivity index (χ0) is 10.8. The van der Waals surface area contributed by atoms with Crippen LogP contribution in [0.3, 0.4) is 0 Å². The molecule has 86 valence electrons. The number of halogens is 3. The second-order valence-electron chi connectivity index (χ2n) is 4.24. The standard InChI is InChI=1S/C10H15BrCl2N2/c11-8-5-9-7-14(2-1-10(12)13)3-4-15(9)6-8/h1,8-9H,2-7H2. The fraction of sp³-hybridized carbons (Fsp3) is 0.800. The minimum Gasteiger partial charge on any atom is -0.297 e. The van der Waals surface area contributed by atoms with E-state index in [1.54, 1.807) is 0 Å². The molecule has 2 aliphatic heterocycles. The third-order valence-corrected chi connectivity index (χ3v) is 4.13. The highest BCUT2D eigenvalue weighted by molar-refractivity contribution is 9.09. The number of fused-ring (bicyclic) bond motifs is 1. The Morgan fingerprint density at radius 2 is 2.13 bits per heavy atom. The molecule has 0 aromatic rings. The van der Waals surface area contributed by atoms with Crippen LogP contribution in [0.2, 0.25) is 0 Å². The Labute approximate surface area is 109 Å². The van der Waals surface area contributed by atoms with Gasteiger partial charge in [0.1, 0.15) is 4.49 Å². The molecule has 0 aromatic heterocycles. The van der Waals surface area contributed by atoms with Crippen molar-refractivity contribution in [3.63, 3.8) is 0 Å². The number of alkyl halides is 1. The monoisotopic (exact) mass is 312 g/mol. The van der Waals surface area contributed by atoms with Crippen LogP contribution in [0.4, 0.5) is 0 Å². The molecule has 0 radical (unpaired) electrons. The fourth-order valence-electron chi connectivity index (χ4n) is 2.41. The first kappa shape index (κ1) is 12.2. The molecule has 0 aromatic carbocycles. The molecule has 2 fully saturated rings. The summed E-state index contributed by atoms with van der Waals surface area (Å²) in [6.45, 7) is 5.50. The van der Waals surface area contributed by atoms with Gasteiger partial charge in [0.05, 0.1) is 0 Å². The molecule has 0 bridgehead atoms. The van der Waals surface area contributed by atoms with Crippen molar-refractivity contribution >= 4 is 39.1 Å². The molecule has 0 spiro atoms. The quantitative estimate of drug-likeness (QED) is 0.723. The van der Waals surface area contributed by atoms with Crippen molar-refractivity contribution in [2.24, 2.45) is 0 Å². The molecular weight excluding hydrogens is 299 g/mol. The van der Waals surface area contributed by atoms with Crippen LogP contribution in [0.5, 0.6) is 0 Å². The number of nitrogens with zero attached hydrogens (tertiary/aromatic N) is 2. The molecule has 2 nitrogen and oxygen atoms in total. The van der Waals surface area contributed by atoms with Gasteiger partial charge in [0, 0.05) is 43.6 Å². The molecule has 5 heteroatoms. The van der Waals surface area contributed by atoms with Crippen molar-refractivity contribution < 1.29 is 0 Å². The number of piperazine rings is 1. The van der Waals surface area contributed by atoms with Gasteiger partial charge < -0.3 is 0 Å². The first-order valence-electron chi connectivity index (χ1n) is 5.27. The van der Waals surface area contributed by atoms with E-state index in [1.807, 2.05) is 6.08 Å². The zero-order valence-corrected chi connectivity index (χ0v) is 11.6.